The summed E-state index contributed by atoms with van der Waals surface area (Å²) in [5.41, 5.74) is 4.06. The number of aromatic nitrogens is 2. The van der Waals surface area contributed by atoms with Crippen molar-refractivity contribution in [3.8, 4) is 28.3 Å². The van der Waals surface area contributed by atoms with Crippen molar-refractivity contribution < 1.29 is 9.66 Å². The van der Waals surface area contributed by atoms with E-state index in [1.165, 1.54) is 6.07 Å². The van der Waals surface area contributed by atoms with Gasteiger partial charge >= 0.3 is 0 Å². The van der Waals surface area contributed by atoms with E-state index in [2.05, 4.69) is 0 Å². The van der Waals surface area contributed by atoms with E-state index in [4.69, 9.17) is 9.72 Å². The summed E-state index contributed by atoms with van der Waals surface area (Å²) in [6, 6.07) is 19.9. The second-order valence-electron chi connectivity index (χ2n) is 5.77. The number of rotatable bonds is 4. The minimum atomic E-state index is -0.389. The Hall–Kier alpha value is -3.67. The summed E-state index contributed by atoms with van der Waals surface area (Å²) in [6.45, 7) is 0. The molecule has 0 saturated heterocycles. The van der Waals surface area contributed by atoms with Crippen LogP contribution >= 0.6 is 0 Å². The van der Waals surface area contributed by atoms with Crippen molar-refractivity contribution in [1.82, 2.24) is 9.38 Å². The summed E-state index contributed by atoms with van der Waals surface area (Å²) in [4.78, 5) is 15.5. The van der Waals surface area contributed by atoms with Crippen molar-refractivity contribution in [2.45, 2.75) is 0 Å². The van der Waals surface area contributed by atoms with E-state index >= 15 is 0 Å². The van der Waals surface area contributed by atoms with Crippen LogP contribution in [0.5, 0.6) is 5.75 Å². The average molecular weight is 345 g/mol. The van der Waals surface area contributed by atoms with Crippen LogP contribution in [0.4, 0.5) is 5.69 Å². The molecular weight excluding hydrogens is 330 g/mol. The molecule has 0 aliphatic carbocycles. The number of benzene rings is 2. The molecule has 0 atom stereocenters. The van der Waals surface area contributed by atoms with Gasteiger partial charge in [-0.2, -0.15) is 0 Å². The molecule has 2 aromatic carbocycles. The molecule has 0 aliphatic rings. The summed E-state index contributed by atoms with van der Waals surface area (Å²) in [5, 5.41) is 11.2. The Morgan fingerprint density at radius 3 is 2.54 bits per heavy atom. The lowest BCUT2D eigenvalue weighted by atomic mass is 10.0. The van der Waals surface area contributed by atoms with E-state index in [-0.39, 0.29) is 10.6 Å². The van der Waals surface area contributed by atoms with Gasteiger partial charge in [0.05, 0.1) is 23.4 Å². The summed E-state index contributed by atoms with van der Waals surface area (Å²) >= 11 is 0. The molecule has 0 bridgehead atoms. The van der Waals surface area contributed by atoms with Crippen LogP contribution < -0.4 is 4.74 Å². The summed E-state index contributed by atoms with van der Waals surface area (Å²) < 4.78 is 7.16. The Labute approximate surface area is 149 Å². The molecule has 0 saturated carbocycles. The smallest absolute Gasteiger partial charge is 0.270 e. The monoisotopic (exact) mass is 345 g/mol. The van der Waals surface area contributed by atoms with Gasteiger partial charge in [0.2, 0.25) is 0 Å². The normalized spacial score (nSPS) is 10.8. The molecule has 0 aliphatic heterocycles. The van der Waals surface area contributed by atoms with Crippen molar-refractivity contribution in [1.29, 1.82) is 0 Å². The van der Waals surface area contributed by atoms with Crippen molar-refractivity contribution in [3.05, 3.63) is 83.0 Å². The number of hydrogen-bond donors (Lipinski definition) is 0. The maximum absolute atomic E-state index is 11.2. The van der Waals surface area contributed by atoms with Gasteiger partial charge in [0.15, 0.2) is 0 Å². The molecule has 0 radical (unpaired) electrons. The van der Waals surface area contributed by atoms with Crippen LogP contribution in [0.25, 0.3) is 28.2 Å². The Bertz CT molecular complexity index is 1100. The molecule has 4 aromatic rings. The van der Waals surface area contributed by atoms with Gasteiger partial charge in [0, 0.05) is 29.5 Å². The number of methoxy groups -OCH3 is 1. The van der Waals surface area contributed by atoms with Crippen LogP contribution in [-0.2, 0) is 0 Å². The molecular formula is C20H15N3O3. The number of nitro benzene ring substituents is 1. The molecule has 26 heavy (non-hydrogen) atoms. The summed E-state index contributed by atoms with van der Waals surface area (Å²) in [5.74, 6) is 0.759. The van der Waals surface area contributed by atoms with Gasteiger partial charge < -0.3 is 4.74 Å². The number of non-ortho nitro benzene ring substituents is 1. The molecule has 0 spiro atoms. The topological polar surface area (TPSA) is 69.7 Å². The zero-order chi connectivity index (χ0) is 18.1. The first kappa shape index (κ1) is 15.8. The molecule has 0 amide bonds. The molecule has 128 valence electrons. The van der Waals surface area contributed by atoms with E-state index in [1.807, 2.05) is 59.1 Å². The van der Waals surface area contributed by atoms with E-state index in [0.29, 0.717) is 0 Å². The van der Waals surface area contributed by atoms with Crippen LogP contribution in [0.2, 0.25) is 0 Å². The number of fused-ring (bicyclic) bond motifs is 1. The fourth-order valence-corrected chi connectivity index (χ4v) is 2.99. The van der Waals surface area contributed by atoms with E-state index in [9.17, 15) is 10.1 Å². The first-order chi connectivity index (χ1) is 12.7. The van der Waals surface area contributed by atoms with E-state index in [1.54, 1.807) is 19.2 Å². The lowest BCUT2D eigenvalue weighted by molar-refractivity contribution is -0.384. The zero-order valence-corrected chi connectivity index (χ0v) is 14.0. The van der Waals surface area contributed by atoms with Crippen LogP contribution in [-0.4, -0.2) is 21.4 Å². The van der Waals surface area contributed by atoms with Gasteiger partial charge in [-0.1, -0.05) is 18.2 Å². The van der Waals surface area contributed by atoms with Gasteiger partial charge in [0.25, 0.3) is 5.69 Å². The minimum absolute atomic E-state index is 0.0501. The highest BCUT2D eigenvalue weighted by molar-refractivity contribution is 5.82. The first-order valence-corrected chi connectivity index (χ1v) is 8.04. The standard InChI is InChI=1S/C20H15N3O3/c1-26-17-10-8-14(9-11-17)19-20(22-12-3-2-7-18(22)21-19)15-5-4-6-16(13-15)23(24)25/h2-13H,1H3. The molecule has 2 aromatic heterocycles. The fraction of sp³-hybridized carbons (Fsp3) is 0.0500. The van der Waals surface area contributed by atoms with Crippen molar-refractivity contribution in [2.75, 3.05) is 7.11 Å². The van der Waals surface area contributed by atoms with Crippen molar-refractivity contribution in [3.63, 3.8) is 0 Å². The van der Waals surface area contributed by atoms with Gasteiger partial charge in [-0.3, -0.25) is 14.5 Å². The lowest BCUT2D eigenvalue weighted by Crippen LogP contribution is -1.92. The Balaban J connectivity index is 1.97. The first-order valence-electron chi connectivity index (χ1n) is 8.04. The van der Waals surface area contributed by atoms with Gasteiger partial charge in [-0.25, -0.2) is 4.98 Å². The molecule has 6 nitrogen and oxygen atoms in total. The predicted octanol–water partition coefficient (Wildman–Crippen LogP) is 4.59. The summed E-state index contributed by atoms with van der Waals surface area (Å²) in [7, 11) is 1.62. The number of nitrogens with zero attached hydrogens (tertiary/aromatic N) is 3. The lowest BCUT2D eigenvalue weighted by Gasteiger charge is -2.07. The second kappa shape index (κ2) is 6.33. The number of nitro groups is 1. The number of imidazole rings is 1. The molecule has 2 heterocycles. The SMILES string of the molecule is COc1ccc(-c2nc3ccccn3c2-c2cccc([N+](=O)[O-])c2)cc1. The van der Waals surface area contributed by atoms with E-state index < -0.39 is 0 Å². The van der Waals surface area contributed by atoms with Gasteiger partial charge in [-0.05, 0) is 36.4 Å². The Morgan fingerprint density at radius 2 is 1.81 bits per heavy atom. The second-order valence-corrected chi connectivity index (χ2v) is 5.77. The van der Waals surface area contributed by atoms with Crippen molar-refractivity contribution >= 4 is 11.3 Å². The fourth-order valence-electron chi connectivity index (χ4n) is 2.99. The number of pyridine rings is 1. The Kier molecular flexibility index (Phi) is 3.85. The quantitative estimate of drug-likeness (QED) is 0.401. The third kappa shape index (κ3) is 2.67. The predicted molar refractivity (Wildman–Crippen MR) is 99.3 cm³/mol. The van der Waals surface area contributed by atoms with Gasteiger partial charge in [0.1, 0.15) is 11.4 Å². The van der Waals surface area contributed by atoms with Crippen LogP contribution in [0, 0.1) is 10.1 Å². The largest absolute Gasteiger partial charge is 0.497 e. The maximum Gasteiger partial charge on any atom is 0.270 e. The number of ether oxygens (including phenoxy) is 1. The van der Waals surface area contributed by atoms with Crippen molar-refractivity contribution in [2.24, 2.45) is 0 Å². The highest BCUT2D eigenvalue weighted by atomic mass is 16.6. The summed E-state index contributed by atoms with van der Waals surface area (Å²) in [6.07, 6.45) is 1.91. The third-order valence-corrected chi connectivity index (χ3v) is 4.22. The molecule has 0 fully saturated rings. The van der Waals surface area contributed by atoms with E-state index in [0.717, 1.165) is 33.9 Å². The van der Waals surface area contributed by atoms with Crippen LogP contribution in [0.3, 0.4) is 0 Å². The van der Waals surface area contributed by atoms with Crippen LogP contribution in [0.15, 0.2) is 72.9 Å². The maximum atomic E-state index is 11.2. The van der Waals surface area contributed by atoms with Gasteiger partial charge in [-0.15, -0.1) is 0 Å². The highest BCUT2D eigenvalue weighted by Crippen LogP contribution is 2.34. The molecule has 6 heteroatoms. The minimum Gasteiger partial charge on any atom is -0.497 e. The highest BCUT2D eigenvalue weighted by Gasteiger charge is 2.17. The third-order valence-electron chi connectivity index (χ3n) is 4.22. The number of hydrogen-bond acceptors (Lipinski definition) is 4. The van der Waals surface area contributed by atoms with Crippen LogP contribution in [0.1, 0.15) is 0 Å². The molecule has 0 N–H and O–H groups in total. The zero-order valence-electron chi connectivity index (χ0n) is 14.0. The molecule has 4 rings (SSSR count). The average Bonchev–Trinajstić information content (AvgIpc) is 3.07. The molecule has 0 unspecified atom stereocenters. The Morgan fingerprint density at radius 1 is 1.00 bits per heavy atom.